The molecule has 1 aromatic rings. The number of amides is 1. The van der Waals surface area contributed by atoms with Gasteiger partial charge in [0.2, 0.25) is 5.88 Å². The molecule has 0 aromatic carbocycles. The van der Waals surface area contributed by atoms with Gasteiger partial charge in [-0.2, -0.15) is 0 Å². The van der Waals surface area contributed by atoms with Crippen LogP contribution in [-0.4, -0.2) is 42.0 Å². The minimum Gasteiger partial charge on any atom is -0.481 e. The fourth-order valence-corrected chi connectivity index (χ4v) is 1.70. The summed E-state index contributed by atoms with van der Waals surface area (Å²) in [6, 6.07) is 3.28. The third-order valence-corrected chi connectivity index (χ3v) is 3.12. The highest BCUT2D eigenvalue weighted by Crippen LogP contribution is 2.28. The number of aromatic nitrogens is 1. The number of ether oxygens (including phenoxy) is 2. The fraction of sp³-hybridized carbons (Fsp3) is 0.533. The van der Waals surface area contributed by atoms with Crippen molar-refractivity contribution in [2.75, 3.05) is 14.2 Å². The van der Waals surface area contributed by atoms with E-state index in [1.165, 1.54) is 25.3 Å². The van der Waals surface area contributed by atoms with Gasteiger partial charge in [-0.15, -0.1) is 0 Å². The van der Waals surface area contributed by atoms with E-state index in [1.807, 2.05) is 0 Å². The Hall–Kier alpha value is -2.11. The van der Waals surface area contributed by atoms with Crippen LogP contribution in [-0.2, 0) is 15.1 Å². The summed E-state index contributed by atoms with van der Waals surface area (Å²) in [6.45, 7) is 6.95. The highest BCUT2D eigenvalue weighted by Gasteiger charge is 2.37. The van der Waals surface area contributed by atoms with Gasteiger partial charge in [-0.25, -0.2) is 9.78 Å². The summed E-state index contributed by atoms with van der Waals surface area (Å²) in [5.74, 6) is 0.373. The SMILES string of the molecule is COc1cc(C(C)(C=O)N(C)C(=O)OC(C)(C)C)ccn1. The molecule has 116 valence electrons. The zero-order valence-corrected chi connectivity index (χ0v) is 13.3. The van der Waals surface area contributed by atoms with E-state index in [9.17, 15) is 9.59 Å². The van der Waals surface area contributed by atoms with Crippen molar-refractivity contribution in [1.29, 1.82) is 0 Å². The maximum absolute atomic E-state index is 12.2. The van der Waals surface area contributed by atoms with Crippen LogP contribution in [0.25, 0.3) is 0 Å². The number of methoxy groups -OCH3 is 1. The second-order valence-electron chi connectivity index (χ2n) is 5.89. The third-order valence-electron chi connectivity index (χ3n) is 3.12. The Morgan fingerprint density at radius 3 is 2.43 bits per heavy atom. The number of hydrogen-bond donors (Lipinski definition) is 0. The Labute approximate surface area is 125 Å². The molecule has 0 aliphatic heterocycles. The predicted molar refractivity (Wildman–Crippen MR) is 78.2 cm³/mol. The van der Waals surface area contributed by atoms with E-state index in [1.54, 1.807) is 39.8 Å². The van der Waals surface area contributed by atoms with E-state index in [4.69, 9.17) is 9.47 Å². The van der Waals surface area contributed by atoms with E-state index in [0.717, 1.165) is 0 Å². The standard InChI is InChI=1S/C15H22N2O4/c1-14(2,3)21-13(19)17(5)15(4,10-18)11-7-8-16-12(9-11)20-6/h7-10H,1-6H3. The molecule has 0 aliphatic rings. The van der Waals surface area contributed by atoms with Crippen LogP contribution in [0.1, 0.15) is 33.3 Å². The van der Waals surface area contributed by atoms with Crippen LogP contribution in [0.5, 0.6) is 5.88 Å². The van der Waals surface area contributed by atoms with Gasteiger partial charge in [0.05, 0.1) is 7.11 Å². The average molecular weight is 294 g/mol. The minimum absolute atomic E-state index is 0.373. The number of carbonyl (C=O) groups excluding carboxylic acids is 2. The Kier molecular flexibility index (Phi) is 4.93. The highest BCUT2D eigenvalue weighted by molar-refractivity contribution is 5.78. The quantitative estimate of drug-likeness (QED) is 0.797. The topological polar surface area (TPSA) is 68.7 Å². The second-order valence-corrected chi connectivity index (χ2v) is 5.89. The van der Waals surface area contributed by atoms with Gasteiger partial charge in [0.1, 0.15) is 17.4 Å². The van der Waals surface area contributed by atoms with Crippen molar-refractivity contribution in [3.63, 3.8) is 0 Å². The van der Waals surface area contributed by atoms with Crippen LogP contribution in [0.3, 0.4) is 0 Å². The lowest BCUT2D eigenvalue weighted by Gasteiger charge is -2.35. The van der Waals surface area contributed by atoms with Crippen molar-refractivity contribution in [1.82, 2.24) is 9.88 Å². The first-order chi connectivity index (χ1) is 9.64. The van der Waals surface area contributed by atoms with Crippen molar-refractivity contribution < 1.29 is 19.1 Å². The molecule has 1 heterocycles. The Morgan fingerprint density at radius 1 is 1.33 bits per heavy atom. The summed E-state index contributed by atoms with van der Waals surface area (Å²) < 4.78 is 10.4. The van der Waals surface area contributed by atoms with Crippen molar-refractivity contribution in [2.24, 2.45) is 0 Å². The van der Waals surface area contributed by atoms with E-state index >= 15 is 0 Å². The fourth-order valence-electron chi connectivity index (χ4n) is 1.70. The molecular formula is C15H22N2O4. The first-order valence-corrected chi connectivity index (χ1v) is 6.57. The van der Waals surface area contributed by atoms with Crippen molar-refractivity contribution in [3.8, 4) is 5.88 Å². The Morgan fingerprint density at radius 2 is 1.95 bits per heavy atom. The van der Waals surface area contributed by atoms with Gasteiger partial charge < -0.3 is 14.3 Å². The smallest absolute Gasteiger partial charge is 0.411 e. The number of pyridine rings is 1. The Bertz CT molecular complexity index is 525. The normalized spacial score (nSPS) is 14.0. The van der Waals surface area contributed by atoms with Gasteiger partial charge >= 0.3 is 6.09 Å². The lowest BCUT2D eigenvalue weighted by Crippen LogP contribution is -2.48. The molecule has 0 aliphatic carbocycles. The molecule has 1 atom stereocenters. The van der Waals surface area contributed by atoms with Crippen molar-refractivity contribution in [2.45, 2.75) is 38.8 Å². The monoisotopic (exact) mass is 294 g/mol. The van der Waals surface area contributed by atoms with E-state index in [-0.39, 0.29) is 0 Å². The maximum atomic E-state index is 12.2. The van der Waals surface area contributed by atoms with Gasteiger partial charge in [0, 0.05) is 19.3 Å². The van der Waals surface area contributed by atoms with Crippen LogP contribution < -0.4 is 4.74 Å². The van der Waals surface area contributed by atoms with Crippen LogP contribution >= 0.6 is 0 Å². The lowest BCUT2D eigenvalue weighted by atomic mass is 9.93. The summed E-state index contributed by atoms with van der Waals surface area (Å²) in [6.07, 6.45) is 1.65. The summed E-state index contributed by atoms with van der Waals surface area (Å²) in [5.41, 5.74) is -1.21. The zero-order chi connectivity index (χ0) is 16.3. The molecule has 0 fully saturated rings. The van der Waals surface area contributed by atoms with Crippen LogP contribution in [0.2, 0.25) is 0 Å². The number of aldehydes is 1. The van der Waals surface area contributed by atoms with Gasteiger partial charge in [0.25, 0.3) is 0 Å². The largest absolute Gasteiger partial charge is 0.481 e. The molecule has 0 spiro atoms. The molecule has 0 radical (unpaired) electrons. The van der Waals surface area contributed by atoms with E-state index in [2.05, 4.69) is 4.98 Å². The second kappa shape index (κ2) is 6.11. The predicted octanol–water partition coefficient (Wildman–Crippen LogP) is 2.37. The Balaban J connectivity index is 3.13. The van der Waals surface area contributed by atoms with Crippen LogP contribution in [0.4, 0.5) is 4.79 Å². The van der Waals surface area contributed by atoms with Gasteiger partial charge in [-0.1, -0.05) is 0 Å². The van der Waals surface area contributed by atoms with Crippen molar-refractivity contribution in [3.05, 3.63) is 23.9 Å². The molecular weight excluding hydrogens is 272 g/mol. The van der Waals surface area contributed by atoms with E-state index < -0.39 is 17.2 Å². The molecule has 0 N–H and O–H groups in total. The molecule has 1 aromatic heterocycles. The summed E-state index contributed by atoms with van der Waals surface area (Å²) in [5, 5.41) is 0. The number of likely N-dealkylation sites (N-methyl/N-ethyl adjacent to an activating group) is 1. The van der Waals surface area contributed by atoms with Gasteiger partial charge in [-0.3, -0.25) is 4.90 Å². The average Bonchev–Trinajstić information content (AvgIpc) is 2.43. The summed E-state index contributed by atoms with van der Waals surface area (Å²) in [7, 11) is 3.01. The number of carbonyl (C=O) groups is 2. The molecule has 0 saturated heterocycles. The van der Waals surface area contributed by atoms with E-state index in [0.29, 0.717) is 17.7 Å². The maximum Gasteiger partial charge on any atom is 0.411 e. The number of hydrogen-bond acceptors (Lipinski definition) is 5. The number of nitrogens with zero attached hydrogens (tertiary/aromatic N) is 2. The van der Waals surface area contributed by atoms with Crippen molar-refractivity contribution >= 4 is 12.4 Å². The lowest BCUT2D eigenvalue weighted by molar-refractivity contribution is -0.117. The molecule has 6 heteroatoms. The van der Waals surface area contributed by atoms with Gasteiger partial charge in [0.15, 0.2) is 0 Å². The van der Waals surface area contributed by atoms with Crippen LogP contribution in [0, 0.1) is 0 Å². The third kappa shape index (κ3) is 3.93. The molecule has 1 rings (SSSR count). The molecule has 1 unspecified atom stereocenters. The molecule has 0 bridgehead atoms. The first-order valence-electron chi connectivity index (χ1n) is 6.57. The summed E-state index contributed by atoms with van der Waals surface area (Å²) >= 11 is 0. The molecule has 1 amide bonds. The molecule has 6 nitrogen and oxygen atoms in total. The van der Waals surface area contributed by atoms with Crippen LogP contribution in [0.15, 0.2) is 18.3 Å². The zero-order valence-electron chi connectivity index (χ0n) is 13.3. The summed E-state index contributed by atoms with van der Waals surface area (Å²) in [4.78, 5) is 29.1. The van der Waals surface area contributed by atoms with Gasteiger partial charge in [-0.05, 0) is 39.3 Å². The molecule has 0 saturated carbocycles. The minimum atomic E-state index is -1.17. The number of rotatable bonds is 4. The first kappa shape index (κ1) is 16.9. The molecule has 21 heavy (non-hydrogen) atoms. The highest BCUT2D eigenvalue weighted by atomic mass is 16.6.